The summed E-state index contributed by atoms with van der Waals surface area (Å²) in [7, 11) is 0. The Balaban J connectivity index is 2.52. The Morgan fingerprint density at radius 1 is 1.50 bits per heavy atom. The van der Waals surface area contributed by atoms with E-state index in [1.807, 2.05) is 31.2 Å². The van der Waals surface area contributed by atoms with Gasteiger partial charge in [-0.05, 0) is 30.7 Å². The molecule has 0 fully saturated rings. The van der Waals surface area contributed by atoms with Crippen LogP contribution >= 0.6 is 11.6 Å². The molecule has 0 bridgehead atoms. The van der Waals surface area contributed by atoms with Gasteiger partial charge in [0.1, 0.15) is 0 Å². The Hall–Kier alpha value is -1.81. The van der Waals surface area contributed by atoms with E-state index in [1.165, 1.54) is 0 Å². The molecule has 0 aliphatic heterocycles. The number of carbonyl (C=O) groups excluding carboxylic acids is 1. The molecule has 1 heterocycles. The van der Waals surface area contributed by atoms with Crippen molar-refractivity contribution in [3.05, 3.63) is 52.8 Å². The Morgan fingerprint density at radius 2 is 2.28 bits per heavy atom. The molecule has 0 aliphatic rings. The Morgan fingerprint density at radius 3 is 2.83 bits per heavy atom. The zero-order chi connectivity index (χ0) is 13.2. The number of hydrogen-bond acceptors (Lipinski definition) is 2. The minimum absolute atomic E-state index is 0.190. The summed E-state index contributed by atoms with van der Waals surface area (Å²) in [5.41, 5.74) is 6.57. The number of halogens is 1. The SMILES string of the molecule is CC(CC(N)=O)(c1cccc(Cl)c1)c1ccn[nH]1. The molecule has 0 saturated carbocycles. The Bertz CT molecular complexity index is 553. The second-order valence-electron chi connectivity index (χ2n) is 4.46. The summed E-state index contributed by atoms with van der Waals surface area (Å²) in [5.74, 6) is -0.368. The molecule has 0 aliphatic carbocycles. The van der Waals surface area contributed by atoms with E-state index in [9.17, 15) is 4.79 Å². The number of H-pyrrole nitrogens is 1. The predicted molar refractivity (Wildman–Crippen MR) is 70.3 cm³/mol. The van der Waals surface area contributed by atoms with Gasteiger partial charge in [-0.25, -0.2) is 0 Å². The highest BCUT2D eigenvalue weighted by Gasteiger charge is 2.32. The minimum Gasteiger partial charge on any atom is -0.370 e. The lowest BCUT2D eigenvalue weighted by Crippen LogP contribution is -2.31. The monoisotopic (exact) mass is 263 g/mol. The van der Waals surface area contributed by atoms with Crippen molar-refractivity contribution >= 4 is 17.5 Å². The zero-order valence-corrected chi connectivity index (χ0v) is 10.7. The lowest BCUT2D eigenvalue weighted by atomic mass is 9.76. The smallest absolute Gasteiger partial charge is 0.218 e. The number of nitrogens with two attached hydrogens (primary N) is 1. The van der Waals surface area contributed by atoms with E-state index in [1.54, 1.807) is 12.3 Å². The fourth-order valence-electron chi connectivity index (χ4n) is 2.10. The summed E-state index contributed by atoms with van der Waals surface area (Å²) in [6.07, 6.45) is 1.84. The minimum atomic E-state index is -0.548. The van der Waals surface area contributed by atoms with Crippen molar-refractivity contribution in [3.63, 3.8) is 0 Å². The third-order valence-corrected chi connectivity index (χ3v) is 3.32. The maximum atomic E-state index is 11.3. The number of nitrogens with zero attached hydrogens (tertiary/aromatic N) is 1. The average molecular weight is 264 g/mol. The lowest BCUT2D eigenvalue weighted by Gasteiger charge is -2.27. The summed E-state index contributed by atoms with van der Waals surface area (Å²) < 4.78 is 0. The van der Waals surface area contributed by atoms with Crippen molar-refractivity contribution in [2.45, 2.75) is 18.8 Å². The van der Waals surface area contributed by atoms with Crippen LogP contribution in [0.5, 0.6) is 0 Å². The van der Waals surface area contributed by atoms with Gasteiger partial charge < -0.3 is 5.73 Å². The molecule has 5 heteroatoms. The van der Waals surface area contributed by atoms with Crippen LogP contribution in [-0.2, 0) is 10.2 Å². The van der Waals surface area contributed by atoms with Crippen LogP contribution in [0.4, 0.5) is 0 Å². The standard InChI is InChI=1S/C13H14ClN3O/c1-13(8-12(15)18,11-5-6-16-17-11)9-3-2-4-10(14)7-9/h2-7H,8H2,1H3,(H2,15,18)(H,16,17). The lowest BCUT2D eigenvalue weighted by molar-refractivity contribution is -0.118. The van der Waals surface area contributed by atoms with E-state index in [-0.39, 0.29) is 12.3 Å². The summed E-state index contributed by atoms with van der Waals surface area (Å²) >= 11 is 6.01. The third-order valence-electron chi connectivity index (χ3n) is 3.08. The summed E-state index contributed by atoms with van der Waals surface area (Å²) in [6, 6.07) is 9.25. The predicted octanol–water partition coefficient (Wildman–Crippen LogP) is 2.24. The number of nitrogens with one attached hydrogen (secondary N) is 1. The van der Waals surface area contributed by atoms with E-state index >= 15 is 0 Å². The second kappa shape index (κ2) is 4.82. The quantitative estimate of drug-likeness (QED) is 0.888. The van der Waals surface area contributed by atoms with Gasteiger partial charge in [0.15, 0.2) is 0 Å². The van der Waals surface area contributed by atoms with E-state index in [2.05, 4.69) is 10.2 Å². The highest BCUT2D eigenvalue weighted by atomic mass is 35.5. The Kier molecular flexibility index (Phi) is 3.39. The van der Waals surface area contributed by atoms with E-state index in [0.717, 1.165) is 11.3 Å². The van der Waals surface area contributed by atoms with Gasteiger partial charge in [0.25, 0.3) is 0 Å². The number of benzene rings is 1. The van der Waals surface area contributed by atoms with Crippen molar-refractivity contribution in [2.24, 2.45) is 5.73 Å². The molecule has 1 unspecified atom stereocenters. The second-order valence-corrected chi connectivity index (χ2v) is 4.89. The largest absolute Gasteiger partial charge is 0.370 e. The van der Waals surface area contributed by atoms with Crippen LogP contribution in [0.15, 0.2) is 36.5 Å². The molecule has 1 aromatic carbocycles. The first-order chi connectivity index (χ1) is 8.52. The maximum Gasteiger partial charge on any atom is 0.218 e. The van der Waals surface area contributed by atoms with Crippen molar-refractivity contribution in [2.75, 3.05) is 0 Å². The van der Waals surface area contributed by atoms with Crippen LogP contribution in [0.1, 0.15) is 24.6 Å². The van der Waals surface area contributed by atoms with Crippen LogP contribution in [-0.4, -0.2) is 16.1 Å². The summed E-state index contributed by atoms with van der Waals surface area (Å²) in [4.78, 5) is 11.3. The number of amides is 1. The van der Waals surface area contributed by atoms with Crippen LogP contribution in [0, 0.1) is 0 Å². The topological polar surface area (TPSA) is 71.8 Å². The fourth-order valence-corrected chi connectivity index (χ4v) is 2.29. The molecule has 0 spiro atoms. The molecular weight excluding hydrogens is 250 g/mol. The molecule has 2 aromatic rings. The van der Waals surface area contributed by atoms with Gasteiger partial charge in [0, 0.05) is 28.7 Å². The summed E-state index contributed by atoms with van der Waals surface area (Å²) in [5, 5.41) is 7.46. The molecule has 3 N–H and O–H groups in total. The highest BCUT2D eigenvalue weighted by Crippen LogP contribution is 2.34. The van der Waals surface area contributed by atoms with Gasteiger partial charge in [-0.15, -0.1) is 0 Å². The maximum absolute atomic E-state index is 11.3. The van der Waals surface area contributed by atoms with Crippen molar-refractivity contribution < 1.29 is 4.79 Å². The van der Waals surface area contributed by atoms with E-state index < -0.39 is 5.41 Å². The number of primary amides is 1. The molecule has 2 rings (SSSR count). The molecule has 1 aromatic heterocycles. The van der Waals surface area contributed by atoms with Gasteiger partial charge >= 0.3 is 0 Å². The molecule has 18 heavy (non-hydrogen) atoms. The summed E-state index contributed by atoms with van der Waals surface area (Å²) in [6.45, 7) is 1.94. The van der Waals surface area contributed by atoms with Crippen LogP contribution in [0.25, 0.3) is 0 Å². The number of aromatic amines is 1. The number of aromatic nitrogens is 2. The van der Waals surface area contributed by atoms with Gasteiger partial charge in [-0.2, -0.15) is 5.10 Å². The molecule has 0 saturated heterocycles. The van der Waals surface area contributed by atoms with Gasteiger partial charge in [-0.3, -0.25) is 9.89 Å². The van der Waals surface area contributed by atoms with Gasteiger partial charge in [-0.1, -0.05) is 23.7 Å². The molecule has 94 valence electrons. The highest BCUT2D eigenvalue weighted by molar-refractivity contribution is 6.30. The van der Waals surface area contributed by atoms with Crippen molar-refractivity contribution in [1.82, 2.24) is 10.2 Å². The Labute approximate surface area is 110 Å². The molecule has 0 radical (unpaired) electrons. The van der Waals surface area contributed by atoms with Crippen LogP contribution in [0.2, 0.25) is 5.02 Å². The molecule has 4 nitrogen and oxygen atoms in total. The van der Waals surface area contributed by atoms with E-state index in [0.29, 0.717) is 5.02 Å². The fraction of sp³-hybridized carbons (Fsp3) is 0.231. The normalized spacial score (nSPS) is 14.1. The molecule has 1 atom stereocenters. The van der Waals surface area contributed by atoms with Gasteiger partial charge in [0.2, 0.25) is 5.91 Å². The number of carbonyl (C=O) groups is 1. The van der Waals surface area contributed by atoms with Crippen LogP contribution < -0.4 is 5.73 Å². The number of hydrogen-bond donors (Lipinski definition) is 2. The first-order valence-corrected chi connectivity index (χ1v) is 5.94. The van der Waals surface area contributed by atoms with Crippen molar-refractivity contribution in [1.29, 1.82) is 0 Å². The average Bonchev–Trinajstić information content (AvgIpc) is 2.81. The molecule has 1 amide bonds. The number of rotatable bonds is 4. The van der Waals surface area contributed by atoms with E-state index in [4.69, 9.17) is 17.3 Å². The first-order valence-electron chi connectivity index (χ1n) is 5.56. The third kappa shape index (κ3) is 2.38. The van der Waals surface area contributed by atoms with Crippen molar-refractivity contribution in [3.8, 4) is 0 Å². The van der Waals surface area contributed by atoms with Crippen LogP contribution in [0.3, 0.4) is 0 Å². The molecular formula is C13H14ClN3O. The first kappa shape index (κ1) is 12.6. The van der Waals surface area contributed by atoms with Gasteiger partial charge in [0.05, 0.1) is 0 Å². The zero-order valence-electron chi connectivity index (χ0n) is 9.98.